The van der Waals surface area contributed by atoms with Crippen molar-refractivity contribution in [3.8, 4) is 0 Å². The molecule has 0 spiro atoms. The normalized spacial score (nSPS) is 19.8. The Morgan fingerprint density at radius 2 is 1.76 bits per heavy atom. The monoisotopic (exact) mass is 674 g/mol. The molecule has 0 bridgehead atoms. The zero-order chi connectivity index (χ0) is 33.8. The molecule has 1 fully saturated rings. The van der Waals surface area contributed by atoms with E-state index in [0.29, 0.717) is 5.56 Å². The number of ether oxygens (including phenoxy) is 3. The van der Waals surface area contributed by atoms with Crippen molar-refractivity contribution in [2.24, 2.45) is 10.8 Å². The standard InChI is InChI=1S/C28H39N2O13PS/c1-27(2,3)25(35)45-15-19(24(34)39-14-20(31)18-10-8-7-9-11-18)30-26(36)40-17-42-44(37)41-16-28(4,5)22(43-44)23(33)29-13-12-21(32)38-6/h7-11,19,22H,12-17H2,1-6H3,(H,29,33)(H,30,36)/t19-,22-,44?/m0/s1. The van der Waals surface area contributed by atoms with Crippen LogP contribution < -0.4 is 10.6 Å². The summed E-state index contributed by atoms with van der Waals surface area (Å²) in [6.45, 7) is 6.44. The molecule has 1 aromatic rings. The summed E-state index contributed by atoms with van der Waals surface area (Å²) in [5.74, 6) is -2.93. The van der Waals surface area contributed by atoms with Crippen LogP contribution in [0.15, 0.2) is 30.3 Å². The van der Waals surface area contributed by atoms with Gasteiger partial charge >= 0.3 is 25.9 Å². The Kier molecular flexibility index (Phi) is 14.2. The van der Waals surface area contributed by atoms with E-state index < -0.39 is 73.9 Å². The van der Waals surface area contributed by atoms with Gasteiger partial charge in [0.2, 0.25) is 12.7 Å². The first-order valence-corrected chi connectivity index (χ1v) is 16.2. The molecule has 3 atom stereocenters. The summed E-state index contributed by atoms with van der Waals surface area (Å²) >= 11 is 0.775. The van der Waals surface area contributed by atoms with Crippen LogP contribution in [-0.2, 0) is 51.5 Å². The number of hydrogen-bond acceptors (Lipinski definition) is 14. The molecule has 17 heteroatoms. The fourth-order valence-corrected chi connectivity index (χ4v) is 5.87. The Balaban J connectivity index is 1.97. The van der Waals surface area contributed by atoms with Crippen LogP contribution in [0.3, 0.4) is 0 Å². The number of esters is 2. The van der Waals surface area contributed by atoms with Gasteiger partial charge in [0.1, 0.15) is 6.04 Å². The van der Waals surface area contributed by atoms with Gasteiger partial charge in [-0.1, -0.05) is 76.7 Å². The number of benzene rings is 1. The molecule has 0 radical (unpaired) electrons. The molecule has 0 saturated carbocycles. The van der Waals surface area contributed by atoms with Crippen LogP contribution in [0.5, 0.6) is 0 Å². The van der Waals surface area contributed by atoms with Gasteiger partial charge in [-0.3, -0.25) is 28.2 Å². The number of methoxy groups -OCH3 is 1. The van der Waals surface area contributed by atoms with Crippen LogP contribution in [-0.4, -0.2) is 86.4 Å². The molecule has 1 heterocycles. The van der Waals surface area contributed by atoms with E-state index in [2.05, 4.69) is 15.4 Å². The minimum Gasteiger partial charge on any atom is -0.469 e. The third kappa shape index (κ3) is 12.5. The lowest BCUT2D eigenvalue weighted by molar-refractivity contribution is -0.144. The highest BCUT2D eigenvalue weighted by molar-refractivity contribution is 8.13. The Labute approximate surface area is 265 Å². The molecule has 1 aromatic carbocycles. The molecule has 1 aliphatic rings. The lowest BCUT2D eigenvalue weighted by Crippen LogP contribution is -2.50. The fraction of sp³-hybridized carbons (Fsp3) is 0.571. The molecule has 1 saturated heterocycles. The smallest absolute Gasteiger partial charge is 0.469 e. The summed E-state index contributed by atoms with van der Waals surface area (Å²) in [7, 11) is -3.19. The van der Waals surface area contributed by atoms with Gasteiger partial charge in [-0.15, -0.1) is 0 Å². The van der Waals surface area contributed by atoms with Crippen LogP contribution >= 0.6 is 19.6 Å². The van der Waals surface area contributed by atoms with E-state index in [0.717, 1.165) is 11.8 Å². The SMILES string of the molecule is COC(=O)CCNC(=O)[C@@H]1OP(=O)(OCOC(=O)N[C@@H](CSC(=O)C(C)(C)C)C(=O)OCC(=O)c2ccccc2)OCC1(C)C. The molecule has 45 heavy (non-hydrogen) atoms. The molecule has 0 aliphatic carbocycles. The predicted molar refractivity (Wildman–Crippen MR) is 160 cm³/mol. The van der Waals surface area contributed by atoms with Gasteiger partial charge in [0.15, 0.2) is 23.6 Å². The summed E-state index contributed by atoms with van der Waals surface area (Å²) in [5.41, 5.74) is -1.37. The molecule has 15 nitrogen and oxygen atoms in total. The number of Topliss-reactive ketones (excluding diaryl/α,β-unsaturated/α-hetero) is 1. The van der Waals surface area contributed by atoms with Crippen LogP contribution in [0, 0.1) is 10.8 Å². The summed E-state index contributed by atoms with van der Waals surface area (Å²) in [6, 6.07) is 6.70. The molecular weight excluding hydrogens is 635 g/mol. The van der Waals surface area contributed by atoms with Gasteiger partial charge < -0.3 is 24.8 Å². The van der Waals surface area contributed by atoms with Gasteiger partial charge in [0, 0.05) is 28.7 Å². The number of carbonyl (C=O) groups excluding carboxylic acids is 6. The van der Waals surface area contributed by atoms with E-state index in [9.17, 15) is 33.3 Å². The molecule has 250 valence electrons. The highest BCUT2D eigenvalue weighted by Crippen LogP contribution is 2.57. The first-order valence-electron chi connectivity index (χ1n) is 13.7. The van der Waals surface area contributed by atoms with Gasteiger partial charge in [-0.25, -0.2) is 18.7 Å². The Hall–Kier alpha value is -3.30. The van der Waals surface area contributed by atoms with Crippen LogP contribution in [0.2, 0.25) is 0 Å². The number of ketones is 1. The molecule has 1 unspecified atom stereocenters. The van der Waals surface area contributed by atoms with Crippen LogP contribution in [0.1, 0.15) is 51.4 Å². The van der Waals surface area contributed by atoms with E-state index >= 15 is 0 Å². The van der Waals surface area contributed by atoms with Crippen molar-refractivity contribution in [1.29, 1.82) is 0 Å². The average molecular weight is 675 g/mol. The minimum atomic E-state index is -4.40. The molecule has 1 aliphatic heterocycles. The third-order valence-electron chi connectivity index (χ3n) is 6.05. The molecule has 0 aromatic heterocycles. The lowest BCUT2D eigenvalue weighted by Gasteiger charge is -2.39. The van der Waals surface area contributed by atoms with Crippen molar-refractivity contribution < 1.29 is 61.1 Å². The van der Waals surface area contributed by atoms with E-state index in [4.69, 9.17) is 23.0 Å². The van der Waals surface area contributed by atoms with E-state index in [-0.39, 0.29) is 30.4 Å². The van der Waals surface area contributed by atoms with E-state index in [1.807, 2.05) is 0 Å². The number of rotatable bonds is 14. The number of amides is 2. The number of phosphoric acid groups is 1. The maximum atomic E-state index is 13.0. The second-order valence-electron chi connectivity index (χ2n) is 11.4. The summed E-state index contributed by atoms with van der Waals surface area (Å²) in [6.07, 6.45) is -2.61. The zero-order valence-corrected chi connectivity index (χ0v) is 27.7. The highest BCUT2D eigenvalue weighted by atomic mass is 32.2. The van der Waals surface area contributed by atoms with Crippen molar-refractivity contribution in [1.82, 2.24) is 10.6 Å². The maximum Gasteiger partial charge on any atom is 0.478 e. The highest BCUT2D eigenvalue weighted by Gasteiger charge is 2.49. The van der Waals surface area contributed by atoms with Crippen molar-refractivity contribution in [3.05, 3.63) is 35.9 Å². The zero-order valence-electron chi connectivity index (χ0n) is 25.9. The second-order valence-corrected chi connectivity index (χ2v) is 14.0. The van der Waals surface area contributed by atoms with Crippen molar-refractivity contribution in [3.63, 3.8) is 0 Å². The Morgan fingerprint density at radius 1 is 1.09 bits per heavy atom. The van der Waals surface area contributed by atoms with Crippen molar-refractivity contribution in [2.75, 3.05) is 39.4 Å². The predicted octanol–water partition coefficient (Wildman–Crippen LogP) is 3.02. The van der Waals surface area contributed by atoms with E-state index in [1.165, 1.54) is 7.11 Å². The Bertz CT molecular complexity index is 1280. The quantitative estimate of drug-likeness (QED) is 0.0959. The number of phosphoric ester groups is 1. The van der Waals surface area contributed by atoms with E-state index in [1.54, 1.807) is 65.0 Å². The van der Waals surface area contributed by atoms with Gasteiger partial charge in [0.25, 0.3) is 0 Å². The summed E-state index contributed by atoms with van der Waals surface area (Å²) in [4.78, 5) is 74.1. The van der Waals surface area contributed by atoms with Gasteiger partial charge in [0.05, 0.1) is 20.1 Å². The average Bonchev–Trinajstić information content (AvgIpc) is 2.98. The molecule has 2 N–H and O–H groups in total. The number of thioether (sulfide) groups is 1. The number of nitrogens with one attached hydrogen (secondary N) is 2. The first kappa shape index (κ1) is 37.9. The third-order valence-corrected chi connectivity index (χ3v) is 8.76. The number of alkyl carbamates (subject to hydrolysis) is 1. The fourth-order valence-electron chi connectivity index (χ4n) is 3.39. The van der Waals surface area contributed by atoms with Gasteiger partial charge in [-0.2, -0.15) is 0 Å². The van der Waals surface area contributed by atoms with Crippen LogP contribution in [0.25, 0.3) is 0 Å². The number of carbonyl (C=O) groups is 6. The topological polar surface area (TPSA) is 199 Å². The maximum absolute atomic E-state index is 13.0. The summed E-state index contributed by atoms with van der Waals surface area (Å²) < 4.78 is 43.1. The van der Waals surface area contributed by atoms with Crippen molar-refractivity contribution in [2.45, 2.75) is 53.2 Å². The molecular formula is C28H39N2O13PS. The Morgan fingerprint density at radius 3 is 2.38 bits per heavy atom. The summed E-state index contributed by atoms with van der Waals surface area (Å²) in [5, 5.41) is 4.46. The first-order chi connectivity index (χ1) is 21.0. The minimum absolute atomic E-state index is 0.0552. The second kappa shape index (κ2) is 16.9. The van der Waals surface area contributed by atoms with Gasteiger partial charge in [-0.05, 0) is 0 Å². The molecule has 2 rings (SSSR count). The van der Waals surface area contributed by atoms with Crippen molar-refractivity contribution >= 4 is 54.4 Å². The lowest BCUT2D eigenvalue weighted by atomic mass is 9.87. The largest absolute Gasteiger partial charge is 0.478 e. The van der Waals surface area contributed by atoms with Crippen LogP contribution in [0.4, 0.5) is 4.79 Å². The number of hydrogen-bond donors (Lipinski definition) is 2. The molecule has 2 amide bonds.